The van der Waals surface area contributed by atoms with Crippen LogP contribution in [0.3, 0.4) is 0 Å². The Labute approximate surface area is 165 Å². The summed E-state index contributed by atoms with van der Waals surface area (Å²) in [5.74, 6) is -0.338. The van der Waals surface area contributed by atoms with Crippen LogP contribution in [-0.2, 0) is 34.0 Å². The molecule has 3 N–H and O–H groups in total. The van der Waals surface area contributed by atoms with Crippen molar-refractivity contribution in [2.45, 2.75) is 81.7 Å². The monoisotopic (exact) mass is 421 g/mol. The molecule has 0 aromatic heterocycles. The average molecular weight is 422 g/mol. The fourth-order valence-electron chi connectivity index (χ4n) is 4.22. The lowest BCUT2D eigenvalue weighted by Gasteiger charge is -2.37. The maximum Gasteiger partial charge on any atom is 0.325 e. The third kappa shape index (κ3) is 5.02. The Hall–Kier alpha value is -0.820. The first-order valence-corrected chi connectivity index (χ1v) is 11.4. The van der Waals surface area contributed by atoms with Crippen molar-refractivity contribution in [1.29, 1.82) is 0 Å². The van der Waals surface area contributed by atoms with Gasteiger partial charge < -0.3 is 9.47 Å². The number of esters is 1. The Kier molecular flexibility index (Phi) is 7.29. The number of methoxy groups -OCH3 is 1. The maximum atomic E-state index is 13.0. The summed E-state index contributed by atoms with van der Waals surface area (Å²) < 4.78 is 39.2. The zero-order valence-electron chi connectivity index (χ0n) is 16.6. The SMILES string of the molecule is CCOC(=O)C1CC(C2CCC(OC)C(S(=O)(=O)NC3CC(C)ON3)C2)ON1. The Morgan fingerprint density at radius 1 is 1.18 bits per heavy atom. The molecule has 1 saturated carbocycles. The Bertz CT molecular complexity index is 647. The van der Waals surface area contributed by atoms with Gasteiger partial charge in [0.2, 0.25) is 10.0 Å². The topological polar surface area (TPSA) is 124 Å². The van der Waals surface area contributed by atoms with Crippen LogP contribution < -0.4 is 15.7 Å². The largest absolute Gasteiger partial charge is 0.465 e. The molecule has 3 rings (SSSR count). The summed E-state index contributed by atoms with van der Waals surface area (Å²) in [5.41, 5.74) is 5.45. The van der Waals surface area contributed by atoms with Crippen LogP contribution in [0.25, 0.3) is 0 Å². The molecule has 28 heavy (non-hydrogen) atoms. The van der Waals surface area contributed by atoms with Gasteiger partial charge in [-0.05, 0) is 39.0 Å². The van der Waals surface area contributed by atoms with E-state index in [0.29, 0.717) is 32.3 Å². The van der Waals surface area contributed by atoms with Crippen molar-refractivity contribution in [1.82, 2.24) is 15.7 Å². The lowest BCUT2D eigenvalue weighted by Crippen LogP contribution is -2.52. The molecule has 11 heteroatoms. The number of sulfonamides is 1. The fourth-order valence-corrected chi connectivity index (χ4v) is 6.09. The molecular formula is C17H31N3O7S. The first kappa shape index (κ1) is 21.9. The summed E-state index contributed by atoms with van der Waals surface area (Å²) in [7, 11) is -2.10. The van der Waals surface area contributed by atoms with Gasteiger partial charge in [0.05, 0.1) is 31.1 Å². The zero-order chi connectivity index (χ0) is 20.3. The predicted octanol–water partition coefficient (Wildman–Crippen LogP) is -0.0458. The molecule has 3 aliphatic rings. The second-order valence-corrected chi connectivity index (χ2v) is 9.63. The lowest BCUT2D eigenvalue weighted by molar-refractivity contribution is -0.146. The normalized spacial score (nSPS) is 39.2. The van der Waals surface area contributed by atoms with E-state index in [1.807, 2.05) is 6.92 Å². The molecule has 3 fully saturated rings. The van der Waals surface area contributed by atoms with Crippen molar-refractivity contribution in [3.8, 4) is 0 Å². The third-order valence-corrected chi connectivity index (χ3v) is 7.59. The van der Waals surface area contributed by atoms with Crippen molar-refractivity contribution >= 4 is 16.0 Å². The third-order valence-electron chi connectivity index (χ3n) is 5.69. The van der Waals surface area contributed by atoms with Crippen LogP contribution in [0.5, 0.6) is 0 Å². The lowest BCUT2D eigenvalue weighted by atomic mass is 9.82. The molecule has 7 atom stereocenters. The smallest absolute Gasteiger partial charge is 0.325 e. The number of carbonyl (C=O) groups excluding carboxylic acids is 1. The minimum Gasteiger partial charge on any atom is -0.465 e. The van der Waals surface area contributed by atoms with Crippen LogP contribution in [0.4, 0.5) is 0 Å². The van der Waals surface area contributed by atoms with E-state index in [4.69, 9.17) is 19.1 Å². The Morgan fingerprint density at radius 2 is 1.96 bits per heavy atom. The number of ether oxygens (including phenoxy) is 2. The molecule has 162 valence electrons. The molecule has 2 saturated heterocycles. The van der Waals surface area contributed by atoms with Crippen LogP contribution in [0, 0.1) is 5.92 Å². The second-order valence-electron chi connectivity index (χ2n) is 7.70. The van der Waals surface area contributed by atoms with Crippen molar-refractivity contribution in [2.24, 2.45) is 5.92 Å². The molecule has 2 heterocycles. The molecule has 0 bridgehead atoms. The molecule has 1 aliphatic carbocycles. The summed E-state index contributed by atoms with van der Waals surface area (Å²) >= 11 is 0. The molecule has 0 aromatic carbocycles. The van der Waals surface area contributed by atoms with Crippen molar-refractivity contribution < 1.29 is 32.4 Å². The first-order valence-electron chi connectivity index (χ1n) is 9.87. The quantitative estimate of drug-likeness (QED) is 0.486. The van der Waals surface area contributed by atoms with Gasteiger partial charge >= 0.3 is 5.97 Å². The first-order chi connectivity index (χ1) is 13.3. The van der Waals surface area contributed by atoms with Gasteiger partial charge in [-0.2, -0.15) is 15.7 Å². The number of carbonyl (C=O) groups is 1. The van der Waals surface area contributed by atoms with E-state index in [-0.39, 0.29) is 30.2 Å². The molecule has 0 radical (unpaired) electrons. The second kappa shape index (κ2) is 9.33. The van der Waals surface area contributed by atoms with Crippen LogP contribution >= 0.6 is 0 Å². The number of hydrogen-bond acceptors (Lipinski definition) is 9. The highest BCUT2D eigenvalue weighted by atomic mass is 32.2. The molecule has 10 nitrogen and oxygen atoms in total. The van der Waals surface area contributed by atoms with E-state index in [0.717, 1.165) is 6.42 Å². The van der Waals surface area contributed by atoms with Gasteiger partial charge in [0, 0.05) is 20.0 Å². The van der Waals surface area contributed by atoms with Gasteiger partial charge in [-0.1, -0.05) is 0 Å². The summed E-state index contributed by atoms with van der Waals surface area (Å²) in [6.45, 7) is 3.94. The highest BCUT2D eigenvalue weighted by Gasteiger charge is 2.45. The summed E-state index contributed by atoms with van der Waals surface area (Å²) in [5, 5.41) is -0.695. The van der Waals surface area contributed by atoms with E-state index < -0.39 is 27.5 Å². The van der Waals surface area contributed by atoms with E-state index >= 15 is 0 Å². The number of hydroxylamine groups is 2. The Balaban J connectivity index is 1.63. The Morgan fingerprint density at radius 3 is 2.61 bits per heavy atom. The van der Waals surface area contributed by atoms with Crippen LogP contribution in [0.2, 0.25) is 0 Å². The molecule has 0 spiro atoms. The minimum atomic E-state index is -3.64. The van der Waals surface area contributed by atoms with Gasteiger partial charge in [0.1, 0.15) is 11.3 Å². The average Bonchev–Trinajstić information content (AvgIpc) is 3.30. The van der Waals surface area contributed by atoms with Crippen molar-refractivity contribution in [3.63, 3.8) is 0 Å². The van der Waals surface area contributed by atoms with E-state index in [1.54, 1.807) is 6.92 Å². The molecule has 2 aliphatic heterocycles. The van der Waals surface area contributed by atoms with E-state index in [9.17, 15) is 13.2 Å². The minimum absolute atomic E-state index is 0.00612. The maximum absolute atomic E-state index is 13.0. The van der Waals surface area contributed by atoms with Gasteiger partial charge in [-0.3, -0.25) is 14.5 Å². The standard InChI is InChI=1S/C17H31N3O7S/c1-4-25-17(21)12-9-14(27-18-12)11-5-6-13(24-3)15(8-11)28(22,23)20-16-7-10(2)26-19-16/h10-16,18-20H,4-9H2,1-3H3. The molecule has 0 amide bonds. The molecule has 0 aromatic rings. The van der Waals surface area contributed by atoms with E-state index in [2.05, 4.69) is 15.7 Å². The highest BCUT2D eigenvalue weighted by Crippen LogP contribution is 2.36. The number of rotatable bonds is 7. The van der Waals surface area contributed by atoms with Gasteiger partial charge in [-0.15, -0.1) is 0 Å². The summed E-state index contributed by atoms with van der Waals surface area (Å²) in [6, 6.07) is -0.514. The number of nitrogens with one attached hydrogen (secondary N) is 3. The van der Waals surface area contributed by atoms with Gasteiger partial charge in [-0.25, -0.2) is 8.42 Å². The summed E-state index contributed by atoms with van der Waals surface area (Å²) in [4.78, 5) is 22.7. The van der Waals surface area contributed by atoms with Gasteiger partial charge in [0.25, 0.3) is 0 Å². The van der Waals surface area contributed by atoms with Crippen LogP contribution in [-0.4, -0.2) is 63.9 Å². The van der Waals surface area contributed by atoms with Crippen LogP contribution in [0.1, 0.15) is 46.0 Å². The predicted molar refractivity (Wildman–Crippen MR) is 99.1 cm³/mol. The molecular weight excluding hydrogens is 390 g/mol. The fraction of sp³-hybridized carbons (Fsp3) is 0.941. The van der Waals surface area contributed by atoms with Crippen LogP contribution in [0.15, 0.2) is 0 Å². The van der Waals surface area contributed by atoms with E-state index in [1.165, 1.54) is 7.11 Å². The van der Waals surface area contributed by atoms with Gasteiger partial charge in [0.15, 0.2) is 0 Å². The number of hydrogen-bond donors (Lipinski definition) is 3. The van der Waals surface area contributed by atoms with Crippen molar-refractivity contribution in [2.75, 3.05) is 13.7 Å². The zero-order valence-corrected chi connectivity index (χ0v) is 17.4. The highest BCUT2D eigenvalue weighted by molar-refractivity contribution is 7.90. The summed E-state index contributed by atoms with van der Waals surface area (Å²) in [6.07, 6.45) is 1.69. The van der Waals surface area contributed by atoms with Crippen molar-refractivity contribution in [3.05, 3.63) is 0 Å². The molecule has 7 unspecified atom stereocenters.